The van der Waals surface area contributed by atoms with Gasteiger partial charge in [0.1, 0.15) is 0 Å². The molecule has 1 aromatic rings. The van der Waals surface area contributed by atoms with Crippen molar-refractivity contribution in [2.75, 3.05) is 13.6 Å². The van der Waals surface area contributed by atoms with Crippen molar-refractivity contribution < 1.29 is 9.59 Å². The molecule has 0 saturated heterocycles. The van der Waals surface area contributed by atoms with E-state index in [4.69, 9.17) is 0 Å². The standard InChI is InChI=1S/C14H21BrN2O2S/c1-14(2,3)13(19)16-8-7-12(18)17(4)9-10-5-6-11(15)20-10/h5-6H,7-9H2,1-4H3,(H,16,19). The Hall–Kier alpha value is -0.880. The predicted octanol–water partition coefficient (Wildman–Crippen LogP) is 3.02. The first-order chi connectivity index (χ1) is 9.20. The second-order valence-corrected chi connectivity index (χ2v) is 8.26. The lowest BCUT2D eigenvalue weighted by atomic mass is 9.96. The number of nitrogens with one attached hydrogen (secondary N) is 1. The molecule has 0 aromatic carbocycles. The zero-order valence-electron chi connectivity index (χ0n) is 12.3. The Kier molecular flexibility index (Phi) is 6.20. The van der Waals surface area contributed by atoms with Crippen LogP contribution in [-0.4, -0.2) is 30.3 Å². The van der Waals surface area contributed by atoms with E-state index in [1.165, 1.54) is 0 Å². The molecule has 0 saturated carbocycles. The minimum absolute atomic E-state index is 0.0312. The highest BCUT2D eigenvalue weighted by molar-refractivity contribution is 9.11. The first-order valence-electron chi connectivity index (χ1n) is 6.46. The lowest BCUT2D eigenvalue weighted by Gasteiger charge is -2.19. The SMILES string of the molecule is CN(Cc1ccc(Br)s1)C(=O)CCNC(=O)C(C)(C)C. The van der Waals surface area contributed by atoms with Gasteiger partial charge in [-0.1, -0.05) is 20.8 Å². The highest BCUT2D eigenvalue weighted by atomic mass is 79.9. The highest BCUT2D eigenvalue weighted by Crippen LogP contribution is 2.23. The highest BCUT2D eigenvalue weighted by Gasteiger charge is 2.21. The second-order valence-electron chi connectivity index (χ2n) is 5.71. The van der Waals surface area contributed by atoms with Gasteiger partial charge in [0.2, 0.25) is 11.8 Å². The maximum absolute atomic E-state index is 12.0. The summed E-state index contributed by atoms with van der Waals surface area (Å²) in [7, 11) is 1.78. The van der Waals surface area contributed by atoms with Gasteiger partial charge in [-0.15, -0.1) is 11.3 Å². The molecule has 6 heteroatoms. The zero-order valence-corrected chi connectivity index (χ0v) is 14.7. The fourth-order valence-electron chi connectivity index (χ4n) is 1.50. The van der Waals surface area contributed by atoms with E-state index in [9.17, 15) is 9.59 Å². The Morgan fingerprint density at radius 3 is 2.50 bits per heavy atom. The van der Waals surface area contributed by atoms with Gasteiger partial charge in [-0.2, -0.15) is 0 Å². The van der Waals surface area contributed by atoms with Crippen molar-refractivity contribution in [3.63, 3.8) is 0 Å². The number of carbonyl (C=O) groups excluding carboxylic acids is 2. The smallest absolute Gasteiger partial charge is 0.225 e. The van der Waals surface area contributed by atoms with Gasteiger partial charge in [0.25, 0.3) is 0 Å². The van der Waals surface area contributed by atoms with Crippen LogP contribution in [0.15, 0.2) is 15.9 Å². The van der Waals surface area contributed by atoms with Crippen molar-refractivity contribution in [3.8, 4) is 0 Å². The summed E-state index contributed by atoms with van der Waals surface area (Å²) in [6.07, 6.45) is 0.324. The summed E-state index contributed by atoms with van der Waals surface area (Å²) in [5.41, 5.74) is -0.418. The third-order valence-electron chi connectivity index (χ3n) is 2.75. The van der Waals surface area contributed by atoms with Gasteiger partial charge in [0, 0.05) is 30.3 Å². The number of nitrogens with zero attached hydrogens (tertiary/aromatic N) is 1. The van der Waals surface area contributed by atoms with Crippen LogP contribution in [-0.2, 0) is 16.1 Å². The molecule has 0 atom stereocenters. The fraction of sp³-hybridized carbons (Fsp3) is 0.571. The molecule has 0 aliphatic heterocycles. The Balaban J connectivity index is 2.34. The van der Waals surface area contributed by atoms with Crippen LogP contribution in [0.5, 0.6) is 0 Å². The third-order valence-corrected chi connectivity index (χ3v) is 4.36. The molecule has 112 valence electrons. The van der Waals surface area contributed by atoms with Crippen molar-refractivity contribution in [1.29, 1.82) is 0 Å². The van der Waals surface area contributed by atoms with E-state index in [2.05, 4.69) is 21.2 Å². The van der Waals surface area contributed by atoms with Gasteiger partial charge in [0.15, 0.2) is 0 Å². The molecule has 2 amide bonds. The molecule has 1 N–H and O–H groups in total. The maximum atomic E-state index is 12.0. The quantitative estimate of drug-likeness (QED) is 0.877. The first kappa shape index (κ1) is 17.2. The monoisotopic (exact) mass is 360 g/mol. The van der Waals surface area contributed by atoms with Crippen molar-refractivity contribution in [2.24, 2.45) is 5.41 Å². The number of amides is 2. The summed E-state index contributed by atoms with van der Waals surface area (Å²) in [4.78, 5) is 26.4. The van der Waals surface area contributed by atoms with Crippen LogP contribution in [0.4, 0.5) is 0 Å². The van der Waals surface area contributed by atoms with Gasteiger partial charge in [-0.05, 0) is 28.1 Å². The van der Waals surface area contributed by atoms with Crippen LogP contribution in [0.3, 0.4) is 0 Å². The van der Waals surface area contributed by atoms with Gasteiger partial charge < -0.3 is 10.2 Å². The minimum Gasteiger partial charge on any atom is -0.355 e. The maximum Gasteiger partial charge on any atom is 0.225 e. The molecule has 0 spiro atoms. The van der Waals surface area contributed by atoms with Crippen LogP contribution in [0.1, 0.15) is 32.1 Å². The molecular formula is C14H21BrN2O2S. The fourth-order valence-corrected chi connectivity index (χ4v) is 3.03. The van der Waals surface area contributed by atoms with Crippen LogP contribution >= 0.6 is 27.3 Å². The van der Waals surface area contributed by atoms with Gasteiger partial charge in [0.05, 0.1) is 10.3 Å². The number of rotatable bonds is 5. The molecule has 0 aliphatic rings. The molecule has 0 bridgehead atoms. The molecule has 0 fully saturated rings. The van der Waals surface area contributed by atoms with Gasteiger partial charge in [-0.3, -0.25) is 9.59 Å². The molecular weight excluding hydrogens is 340 g/mol. The summed E-state index contributed by atoms with van der Waals surface area (Å²) in [6, 6.07) is 3.97. The summed E-state index contributed by atoms with van der Waals surface area (Å²) in [5, 5.41) is 2.79. The molecule has 1 rings (SSSR count). The lowest BCUT2D eigenvalue weighted by molar-refractivity contribution is -0.131. The van der Waals surface area contributed by atoms with E-state index >= 15 is 0 Å². The molecule has 20 heavy (non-hydrogen) atoms. The van der Waals surface area contributed by atoms with Crippen LogP contribution in [0.2, 0.25) is 0 Å². The average Bonchev–Trinajstić information content (AvgIpc) is 2.73. The van der Waals surface area contributed by atoms with Crippen molar-refractivity contribution in [1.82, 2.24) is 10.2 Å². The Morgan fingerprint density at radius 1 is 1.35 bits per heavy atom. The predicted molar refractivity (Wildman–Crippen MR) is 85.6 cm³/mol. The summed E-state index contributed by atoms with van der Waals surface area (Å²) < 4.78 is 1.06. The average molecular weight is 361 g/mol. The van der Waals surface area contributed by atoms with Crippen molar-refractivity contribution >= 4 is 39.1 Å². The first-order valence-corrected chi connectivity index (χ1v) is 8.07. The summed E-state index contributed by atoms with van der Waals surface area (Å²) in [6.45, 7) is 6.54. The van der Waals surface area contributed by atoms with Crippen LogP contribution < -0.4 is 5.32 Å². The molecule has 1 heterocycles. The molecule has 1 aromatic heterocycles. The van der Waals surface area contributed by atoms with Gasteiger partial charge in [-0.25, -0.2) is 0 Å². The van der Waals surface area contributed by atoms with Crippen molar-refractivity contribution in [2.45, 2.75) is 33.7 Å². The van der Waals surface area contributed by atoms with E-state index in [0.29, 0.717) is 19.5 Å². The van der Waals surface area contributed by atoms with Crippen LogP contribution in [0, 0.1) is 5.41 Å². The van der Waals surface area contributed by atoms with E-state index < -0.39 is 5.41 Å². The summed E-state index contributed by atoms with van der Waals surface area (Å²) >= 11 is 5.02. The molecule has 0 radical (unpaired) electrons. The van der Waals surface area contributed by atoms with Crippen LogP contribution in [0.25, 0.3) is 0 Å². The van der Waals surface area contributed by atoms with E-state index in [1.807, 2.05) is 32.9 Å². The zero-order chi connectivity index (χ0) is 15.3. The number of hydrogen-bond donors (Lipinski definition) is 1. The number of halogens is 1. The number of hydrogen-bond acceptors (Lipinski definition) is 3. The van der Waals surface area contributed by atoms with E-state index in [-0.39, 0.29) is 11.8 Å². The molecule has 4 nitrogen and oxygen atoms in total. The number of thiophene rings is 1. The van der Waals surface area contributed by atoms with E-state index in [1.54, 1.807) is 23.3 Å². The Labute approximate surface area is 132 Å². The normalized spacial score (nSPS) is 11.2. The van der Waals surface area contributed by atoms with E-state index in [0.717, 1.165) is 8.66 Å². The van der Waals surface area contributed by atoms with Gasteiger partial charge >= 0.3 is 0 Å². The topological polar surface area (TPSA) is 49.4 Å². The third kappa shape index (κ3) is 5.63. The largest absolute Gasteiger partial charge is 0.355 e. The lowest BCUT2D eigenvalue weighted by Crippen LogP contribution is -2.37. The minimum atomic E-state index is -0.418. The summed E-state index contributed by atoms with van der Waals surface area (Å²) in [5.74, 6) is -0.00104. The second kappa shape index (κ2) is 7.22. The Bertz CT molecular complexity index is 480. The van der Waals surface area contributed by atoms with Crippen molar-refractivity contribution in [3.05, 3.63) is 20.8 Å². The Morgan fingerprint density at radius 2 is 2.00 bits per heavy atom. The molecule has 0 aliphatic carbocycles. The molecule has 0 unspecified atom stereocenters. The number of carbonyl (C=O) groups is 2.